The SMILES string of the molecule is NCc1ccc(F)c(O)c1O. The molecule has 0 amide bonds. The molecule has 0 aliphatic rings. The fraction of sp³-hybridized carbons (Fsp3) is 0.143. The number of aromatic hydroxyl groups is 2. The highest BCUT2D eigenvalue weighted by Gasteiger charge is 2.09. The summed E-state index contributed by atoms with van der Waals surface area (Å²) in [5, 5.41) is 17.8. The van der Waals surface area contributed by atoms with Gasteiger partial charge in [-0.1, -0.05) is 6.07 Å². The number of benzene rings is 1. The van der Waals surface area contributed by atoms with Gasteiger partial charge < -0.3 is 15.9 Å². The zero-order valence-electron chi connectivity index (χ0n) is 5.71. The highest BCUT2D eigenvalue weighted by Crippen LogP contribution is 2.30. The van der Waals surface area contributed by atoms with Crippen molar-refractivity contribution in [3.63, 3.8) is 0 Å². The molecular weight excluding hydrogens is 149 g/mol. The standard InChI is InChI=1S/C7H8FNO2/c8-5-2-1-4(3-9)6(10)7(5)11/h1-2,10-11H,3,9H2. The van der Waals surface area contributed by atoms with Crippen LogP contribution in [0.1, 0.15) is 5.56 Å². The molecule has 1 aromatic rings. The lowest BCUT2D eigenvalue weighted by Gasteiger charge is -2.03. The fourth-order valence-electron chi connectivity index (χ4n) is 0.762. The lowest BCUT2D eigenvalue weighted by molar-refractivity contribution is 0.375. The van der Waals surface area contributed by atoms with Gasteiger partial charge in [-0.25, -0.2) is 4.39 Å². The number of halogens is 1. The molecule has 0 saturated heterocycles. The minimum Gasteiger partial charge on any atom is -0.504 e. The van der Waals surface area contributed by atoms with Crippen LogP contribution in [-0.4, -0.2) is 10.2 Å². The molecule has 60 valence electrons. The predicted octanol–water partition coefficient (Wildman–Crippen LogP) is 0.696. The van der Waals surface area contributed by atoms with Gasteiger partial charge in [-0.3, -0.25) is 0 Å². The normalized spacial score (nSPS) is 10.0. The van der Waals surface area contributed by atoms with Gasteiger partial charge in [0.25, 0.3) is 0 Å². The van der Waals surface area contributed by atoms with Gasteiger partial charge >= 0.3 is 0 Å². The first-order chi connectivity index (χ1) is 5.16. The van der Waals surface area contributed by atoms with Crippen LogP contribution in [0.25, 0.3) is 0 Å². The Hall–Kier alpha value is -1.29. The molecule has 0 bridgehead atoms. The topological polar surface area (TPSA) is 66.5 Å². The molecule has 0 aliphatic heterocycles. The van der Waals surface area contributed by atoms with Crippen LogP contribution < -0.4 is 5.73 Å². The molecule has 3 nitrogen and oxygen atoms in total. The van der Waals surface area contributed by atoms with Gasteiger partial charge in [0.05, 0.1) is 0 Å². The van der Waals surface area contributed by atoms with Crippen LogP contribution in [0.15, 0.2) is 12.1 Å². The van der Waals surface area contributed by atoms with E-state index in [1.807, 2.05) is 0 Å². The van der Waals surface area contributed by atoms with Crippen molar-refractivity contribution < 1.29 is 14.6 Å². The van der Waals surface area contributed by atoms with Crippen molar-refractivity contribution in [3.05, 3.63) is 23.5 Å². The van der Waals surface area contributed by atoms with Crippen molar-refractivity contribution in [1.82, 2.24) is 0 Å². The Kier molecular flexibility index (Phi) is 1.96. The second kappa shape index (κ2) is 2.75. The van der Waals surface area contributed by atoms with E-state index < -0.39 is 17.3 Å². The van der Waals surface area contributed by atoms with Crippen LogP contribution in [0.2, 0.25) is 0 Å². The molecule has 0 unspecified atom stereocenters. The van der Waals surface area contributed by atoms with Crippen LogP contribution in [0, 0.1) is 5.82 Å². The second-order valence-electron chi connectivity index (χ2n) is 2.11. The smallest absolute Gasteiger partial charge is 0.194 e. The van der Waals surface area contributed by atoms with E-state index in [1.54, 1.807) is 0 Å². The largest absolute Gasteiger partial charge is 0.504 e. The van der Waals surface area contributed by atoms with Crippen LogP contribution >= 0.6 is 0 Å². The van der Waals surface area contributed by atoms with Crippen molar-refractivity contribution >= 4 is 0 Å². The molecule has 0 aromatic heterocycles. The highest BCUT2D eigenvalue weighted by atomic mass is 19.1. The average molecular weight is 157 g/mol. The maximum absolute atomic E-state index is 12.4. The summed E-state index contributed by atoms with van der Waals surface area (Å²) >= 11 is 0. The van der Waals surface area contributed by atoms with Crippen molar-refractivity contribution in [3.8, 4) is 11.5 Å². The number of phenols is 2. The summed E-state index contributed by atoms with van der Waals surface area (Å²) in [6, 6.07) is 2.38. The maximum atomic E-state index is 12.4. The molecule has 4 N–H and O–H groups in total. The maximum Gasteiger partial charge on any atom is 0.194 e. The van der Waals surface area contributed by atoms with E-state index in [0.29, 0.717) is 5.56 Å². The van der Waals surface area contributed by atoms with Crippen LogP contribution in [-0.2, 0) is 6.54 Å². The Bertz CT molecular complexity index is 275. The minimum absolute atomic E-state index is 0.0691. The van der Waals surface area contributed by atoms with E-state index in [9.17, 15) is 4.39 Å². The molecule has 0 atom stereocenters. The Balaban J connectivity index is 3.25. The van der Waals surface area contributed by atoms with Crippen molar-refractivity contribution in [2.24, 2.45) is 5.73 Å². The summed E-state index contributed by atoms with van der Waals surface area (Å²) in [6.45, 7) is 0.0691. The number of phenolic OH excluding ortho intramolecular Hbond substituents is 2. The van der Waals surface area contributed by atoms with Crippen LogP contribution in [0.3, 0.4) is 0 Å². The molecule has 0 fully saturated rings. The number of hydrogen-bond donors (Lipinski definition) is 3. The summed E-state index contributed by atoms with van der Waals surface area (Å²) in [5.74, 6) is -2.07. The Labute approximate surface area is 62.9 Å². The van der Waals surface area contributed by atoms with E-state index in [1.165, 1.54) is 6.07 Å². The molecular formula is C7H8FNO2. The molecule has 11 heavy (non-hydrogen) atoms. The number of rotatable bonds is 1. The van der Waals surface area contributed by atoms with Gasteiger partial charge in [0, 0.05) is 12.1 Å². The van der Waals surface area contributed by atoms with E-state index in [0.717, 1.165) is 6.07 Å². The fourth-order valence-corrected chi connectivity index (χ4v) is 0.762. The summed E-state index contributed by atoms with van der Waals surface area (Å²) in [7, 11) is 0. The Morgan fingerprint density at radius 2 is 1.91 bits per heavy atom. The quantitative estimate of drug-likeness (QED) is 0.525. The molecule has 0 heterocycles. The van der Waals surface area contributed by atoms with Gasteiger partial charge in [0.1, 0.15) is 0 Å². The lowest BCUT2D eigenvalue weighted by Crippen LogP contribution is -1.96. The van der Waals surface area contributed by atoms with Crippen molar-refractivity contribution in [1.29, 1.82) is 0 Å². The third-order valence-corrected chi connectivity index (χ3v) is 1.41. The lowest BCUT2D eigenvalue weighted by atomic mass is 10.2. The Morgan fingerprint density at radius 3 is 2.45 bits per heavy atom. The van der Waals surface area contributed by atoms with Crippen molar-refractivity contribution in [2.75, 3.05) is 0 Å². The first-order valence-electron chi connectivity index (χ1n) is 3.06. The minimum atomic E-state index is -0.847. The second-order valence-corrected chi connectivity index (χ2v) is 2.11. The zero-order chi connectivity index (χ0) is 8.43. The third kappa shape index (κ3) is 1.25. The molecule has 0 saturated carbocycles. The van der Waals surface area contributed by atoms with Gasteiger partial charge in [0.15, 0.2) is 17.3 Å². The monoisotopic (exact) mass is 157 g/mol. The summed E-state index contributed by atoms with van der Waals surface area (Å²) in [5.41, 5.74) is 5.50. The first-order valence-corrected chi connectivity index (χ1v) is 3.06. The molecule has 0 aliphatic carbocycles. The van der Waals surface area contributed by atoms with E-state index in [-0.39, 0.29) is 6.54 Å². The van der Waals surface area contributed by atoms with E-state index in [2.05, 4.69) is 0 Å². The summed E-state index contributed by atoms with van der Waals surface area (Å²) in [4.78, 5) is 0. The summed E-state index contributed by atoms with van der Waals surface area (Å²) in [6.07, 6.45) is 0. The predicted molar refractivity (Wildman–Crippen MR) is 37.6 cm³/mol. The summed E-state index contributed by atoms with van der Waals surface area (Å²) < 4.78 is 12.4. The van der Waals surface area contributed by atoms with E-state index in [4.69, 9.17) is 15.9 Å². The molecule has 4 heteroatoms. The Morgan fingerprint density at radius 1 is 1.27 bits per heavy atom. The molecule has 0 radical (unpaired) electrons. The number of nitrogens with two attached hydrogens (primary N) is 1. The third-order valence-electron chi connectivity index (χ3n) is 1.41. The average Bonchev–Trinajstić information content (AvgIpc) is 2.01. The van der Waals surface area contributed by atoms with Gasteiger partial charge in [-0.15, -0.1) is 0 Å². The molecule has 1 aromatic carbocycles. The van der Waals surface area contributed by atoms with Gasteiger partial charge in [0.2, 0.25) is 0 Å². The van der Waals surface area contributed by atoms with Gasteiger partial charge in [-0.2, -0.15) is 0 Å². The van der Waals surface area contributed by atoms with Crippen molar-refractivity contribution in [2.45, 2.75) is 6.54 Å². The zero-order valence-corrected chi connectivity index (χ0v) is 5.71. The number of hydrogen-bond acceptors (Lipinski definition) is 3. The molecule has 1 rings (SSSR count). The van der Waals surface area contributed by atoms with Crippen LogP contribution in [0.5, 0.6) is 11.5 Å². The first kappa shape index (κ1) is 7.81. The highest BCUT2D eigenvalue weighted by molar-refractivity contribution is 5.45. The van der Waals surface area contributed by atoms with Gasteiger partial charge in [-0.05, 0) is 6.07 Å². The van der Waals surface area contributed by atoms with Crippen LogP contribution in [0.4, 0.5) is 4.39 Å². The van der Waals surface area contributed by atoms with E-state index >= 15 is 0 Å². The molecule has 0 spiro atoms.